The molecule has 2 aromatic carbocycles. The van der Waals surface area contributed by atoms with Gasteiger partial charge in [0.15, 0.2) is 0 Å². The van der Waals surface area contributed by atoms with Gasteiger partial charge in [0.25, 0.3) is 0 Å². The Labute approximate surface area is 113 Å². The number of hydrogen-bond donors (Lipinski definition) is 0. The van der Waals surface area contributed by atoms with E-state index in [4.69, 9.17) is 14.7 Å². The molecule has 0 bridgehead atoms. The van der Waals surface area contributed by atoms with Crippen LogP contribution in [0.15, 0.2) is 48.5 Å². The summed E-state index contributed by atoms with van der Waals surface area (Å²) in [6, 6.07) is 17.5. The van der Waals surface area contributed by atoms with Crippen molar-refractivity contribution in [3.63, 3.8) is 0 Å². The largest absolute Gasteiger partial charge is 0.496 e. The fourth-order valence-corrected chi connectivity index (χ4v) is 1.78. The Hall–Kier alpha value is -2.47. The van der Waals surface area contributed by atoms with Crippen molar-refractivity contribution in [3.05, 3.63) is 59.7 Å². The number of benzene rings is 2. The zero-order valence-electron chi connectivity index (χ0n) is 10.8. The molecule has 96 valence electrons. The second-order valence-electron chi connectivity index (χ2n) is 4.08. The third-order valence-electron chi connectivity index (χ3n) is 2.79. The van der Waals surface area contributed by atoms with Gasteiger partial charge in [-0.25, -0.2) is 0 Å². The van der Waals surface area contributed by atoms with Gasteiger partial charge in [-0.3, -0.25) is 0 Å². The Balaban J connectivity index is 2.00. The summed E-state index contributed by atoms with van der Waals surface area (Å²) in [6.45, 7) is 0.460. The second kappa shape index (κ2) is 6.46. The lowest BCUT2D eigenvalue weighted by Gasteiger charge is -2.10. The van der Waals surface area contributed by atoms with E-state index in [0.29, 0.717) is 13.0 Å². The first-order chi connectivity index (χ1) is 9.33. The summed E-state index contributed by atoms with van der Waals surface area (Å²) < 4.78 is 11.0. The third kappa shape index (κ3) is 3.49. The van der Waals surface area contributed by atoms with Crippen LogP contribution in [-0.2, 0) is 13.0 Å². The molecule has 0 unspecified atom stereocenters. The van der Waals surface area contributed by atoms with E-state index >= 15 is 0 Å². The topological polar surface area (TPSA) is 42.2 Å². The Morgan fingerprint density at radius 3 is 2.47 bits per heavy atom. The maximum Gasteiger partial charge on any atom is 0.125 e. The molecule has 0 radical (unpaired) electrons. The van der Waals surface area contributed by atoms with Crippen molar-refractivity contribution < 1.29 is 9.47 Å². The molecule has 0 saturated heterocycles. The lowest BCUT2D eigenvalue weighted by molar-refractivity contribution is 0.296. The molecule has 0 fully saturated rings. The fourth-order valence-electron chi connectivity index (χ4n) is 1.78. The number of rotatable bonds is 5. The first-order valence-corrected chi connectivity index (χ1v) is 6.04. The maximum atomic E-state index is 8.60. The molecule has 0 saturated carbocycles. The van der Waals surface area contributed by atoms with Crippen LogP contribution in [0.5, 0.6) is 11.5 Å². The molecule has 0 spiro atoms. The standard InChI is InChI=1S/C16H15NO2/c1-18-16-5-3-2-4-14(16)12-19-15-8-6-13(7-9-15)10-11-17/h2-9H,10,12H2,1H3. The summed E-state index contributed by atoms with van der Waals surface area (Å²) in [4.78, 5) is 0. The van der Waals surface area contributed by atoms with Gasteiger partial charge in [0, 0.05) is 5.56 Å². The zero-order chi connectivity index (χ0) is 13.5. The molecule has 0 heterocycles. The molecule has 0 amide bonds. The van der Waals surface area contributed by atoms with Crippen LogP contribution in [0.2, 0.25) is 0 Å². The molecule has 19 heavy (non-hydrogen) atoms. The average Bonchev–Trinajstić information content (AvgIpc) is 2.47. The van der Waals surface area contributed by atoms with E-state index in [1.807, 2.05) is 48.5 Å². The van der Waals surface area contributed by atoms with Crippen molar-refractivity contribution in [3.8, 4) is 17.6 Å². The number of nitrogens with zero attached hydrogens (tertiary/aromatic N) is 1. The van der Waals surface area contributed by atoms with E-state index < -0.39 is 0 Å². The minimum atomic E-state index is 0.423. The van der Waals surface area contributed by atoms with E-state index in [2.05, 4.69) is 6.07 Å². The molecule has 2 aromatic rings. The number of ether oxygens (including phenoxy) is 2. The molecule has 0 aliphatic heterocycles. The molecule has 0 aromatic heterocycles. The van der Waals surface area contributed by atoms with Gasteiger partial charge in [0.2, 0.25) is 0 Å². The van der Waals surface area contributed by atoms with Crippen LogP contribution in [0, 0.1) is 11.3 Å². The molecule has 0 aliphatic carbocycles. The number of nitriles is 1. The lowest BCUT2D eigenvalue weighted by atomic mass is 10.1. The van der Waals surface area contributed by atoms with E-state index in [9.17, 15) is 0 Å². The molecule has 0 atom stereocenters. The molecule has 3 heteroatoms. The predicted molar refractivity (Wildman–Crippen MR) is 73.1 cm³/mol. The van der Waals surface area contributed by atoms with Crippen molar-refractivity contribution in [2.45, 2.75) is 13.0 Å². The molecule has 0 N–H and O–H groups in total. The highest BCUT2D eigenvalue weighted by Crippen LogP contribution is 2.20. The Morgan fingerprint density at radius 1 is 1.05 bits per heavy atom. The SMILES string of the molecule is COc1ccccc1COc1ccc(CC#N)cc1. The monoisotopic (exact) mass is 253 g/mol. The summed E-state index contributed by atoms with van der Waals surface area (Å²) in [6.07, 6.45) is 0.423. The normalized spacial score (nSPS) is 9.68. The molecule has 0 aliphatic rings. The van der Waals surface area contributed by atoms with E-state index in [-0.39, 0.29) is 0 Å². The van der Waals surface area contributed by atoms with Gasteiger partial charge in [0.1, 0.15) is 18.1 Å². The molecular weight excluding hydrogens is 238 g/mol. The van der Waals surface area contributed by atoms with Gasteiger partial charge in [0.05, 0.1) is 19.6 Å². The Bertz CT molecular complexity index is 570. The fraction of sp³-hybridized carbons (Fsp3) is 0.188. The smallest absolute Gasteiger partial charge is 0.125 e. The molecule has 3 nitrogen and oxygen atoms in total. The minimum Gasteiger partial charge on any atom is -0.496 e. The van der Waals surface area contributed by atoms with Crippen LogP contribution in [0.4, 0.5) is 0 Å². The van der Waals surface area contributed by atoms with Gasteiger partial charge in [-0.05, 0) is 23.8 Å². The van der Waals surface area contributed by atoms with Gasteiger partial charge < -0.3 is 9.47 Å². The summed E-state index contributed by atoms with van der Waals surface area (Å²) in [5, 5.41) is 8.60. The Morgan fingerprint density at radius 2 is 1.79 bits per heavy atom. The van der Waals surface area contributed by atoms with Crippen LogP contribution in [0.1, 0.15) is 11.1 Å². The molecule has 2 rings (SSSR count). The van der Waals surface area contributed by atoms with Gasteiger partial charge in [-0.15, -0.1) is 0 Å². The molecular formula is C16H15NO2. The van der Waals surface area contributed by atoms with Crippen LogP contribution >= 0.6 is 0 Å². The van der Waals surface area contributed by atoms with Gasteiger partial charge in [-0.1, -0.05) is 30.3 Å². The second-order valence-corrected chi connectivity index (χ2v) is 4.08. The highest BCUT2D eigenvalue weighted by Gasteiger charge is 2.02. The van der Waals surface area contributed by atoms with Crippen molar-refractivity contribution in [1.82, 2.24) is 0 Å². The van der Waals surface area contributed by atoms with Crippen molar-refractivity contribution in [1.29, 1.82) is 5.26 Å². The van der Waals surface area contributed by atoms with Crippen molar-refractivity contribution in [2.24, 2.45) is 0 Å². The maximum absolute atomic E-state index is 8.60. The first-order valence-electron chi connectivity index (χ1n) is 6.04. The minimum absolute atomic E-state index is 0.423. The van der Waals surface area contributed by atoms with Gasteiger partial charge >= 0.3 is 0 Å². The number of hydrogen-bond acceptors (Lipinski definition) is 3. The van der Waals surface area contributed by atoms with Crippen LogP contribution in [-0.4, -0.2) is 7.11 Å². The van der Waals surface area contributed by atoms with Crippen LogP contribution < -0.4 is 9.47 Å². The van der Waals surface area contributed by atoms with E-state index in [0.717, 1.165) is 22.6 Å². The van der Waals surface area contributed by atoms with Crippen molar-refractivity contribution in [2.75, 3.05) is 7.11 Å². The lowest BCUT2D eigenvalue weighted by Crippen LogP contribution is -1.98. The van der Waals surface area contributed by atoms with E-state index in [1.165, 1.54) is 0 Å². The van der Waals surface area contributed by atoms with Crippen LogP contribution in [0.25, 0.3) is 0 Å². The van der Waals surface area contributed by atoms with Crippen LogP contribution in [0.3, 0.4) is 0 Å². The first kappa shape index (κ1) is 13.0. The quantitative estimate of drug-likeness (QED) is 0.820. The predicted octanol–water partition coefficient (Wildman–Crippen LogP) is 3.34. The van der Waals surface area contributed by atoms with Crippen molar-refractivity contribution >= 4 is 0 Å². The highest BCUT2D eigenvalue weighted by atomic mass is 16.5. The zero-order valence-corrected chi connectivity index (χ0v) is 10.8. The average molecular weight is 253 g/mol. The van der Waals surface area contributed by atoms with Gasteiger partial charge in [-0.2, -0.15) is 5.26 Å². The number of methoxy groups -OCH3 is 1. The summed E-state index contributed by atoms with van der Waals surface area (Å²) in [5.74, 6) is 1.61. The summed E-state index contributed by atoms with van der Waals surface area (Å²) in [7, 11) is 1.65. The van der Waals surface area contributed by atoms with E-state index in [1.54, 1.807) is 7.11 Å². The summed E-state index contributed by atoms with van der Waals surface area (Å²) in [5.41, 5.74) is 2.00. The summed E-state index contributed by atoms with van der Waals surface area (Å²) >= 11 is 0. The third-order valence-corrected chi connectivity index (χ3v) is 2.79. The highest BCUT2D eigenvalue weighted by molar-refractivity contribution is 5.34. The Kier molecular flexibility index (Phi) is 4.41. The number of para-hydroxylation sites is 1.